The highest BCUT2D eigenvalue weighted by Gasteiger charge is 2.23. The molecule has 1 saturated heterocycles. The summed E-state index contributed by atoms with van der Waals surface area (Å²) < 4.78 is 4.54. The van der Waals surface area contributed by atoms with E-state index in [0.29, 0.717) is 28.7 Å². The van der Waals surface area contributed by atoms with Gasteiger partial charge in [0.05, 0.1) is 27.4 Å². The Balaban J connectivity index is 1.64. The number of thiophene rings is 1. The van der Waals surface area contributed by atoms with Crippen LogP contribution in [0.2, 0.25) is 5.02 Å². The third kappa shape index (κ3) is 3.31. The van der Waals surface area contributed by atoms with E-state index >= 15 is 0 Å². The number of imidazole rings is 1. The van der Waals surface area contributed by atoms with Crippen LogP contribution in [0.25, 0.3) is 21.1 Å². The predicted molar refractivity (Wildman–Crippen MR) is 134 cm³/mol. The fraction of sp³-hybridized carbons (Fsp3) is 0.333. The molecule has 0 aliphatic carbocycles. The number of benzene rings is 2. The Hall–Kier alpha value is -2.77. The molecule has 6 nitrogen and oxygen atoms in total. The lowest BCUT2D eigenvalue weighted by Crippen LogP contribution is -2.23. The number of anilines is 2. The van der Waals surface area contributed by atoms with Crippen molar-refractivity contribution in [1.82, 2.24) is 9.13 Å². The lowest BCUT2D eigenvalue weighted by Gasteiger charge is -2.22. The zero-order valence-electron chi connectivity index (χ0n) is 18.2. The predicted octanol–water partition coefficient (Wildman–Crippen LogP) is 5.56. The summed E-state index contributed by atoms with van der Waals surface area (Å²) >= 11 is 7.96. The van der Waals surface area contributed by atoms with Crippen molar-refractivity contribution in [2.24, 2.45) is 0 Å². The van der Waals surface area contributed by atoms with Crippen LogP contribution >= 0.6 is 22.9 Å². The van der Waals surface area contributed by atoms with E-state index < -0.39 is 0 Å². The van der Waals surface area contributed by atoms with Gasteiger partial charge in [-0.1, -0.05) is 29.8 Å². The lowest BCUT2D eigenvalue weighted by atomic mass is 10.2. The van der Waals surface area contributed by atoms with Gasteiger partial charge < -0.3 is 10.2 Å². The standard InChI is InChI=1S/C24H25ClN4O2S/c1-3-28-18-13-16(26-23(30)22-21(25)15-9-5-6-10-20(15)32-22)17(27-11-7-8-12-27)14-19(18)29(4-2)24(28)31/h5-6,9-10,13-14H,3-4,7-8,11-12H2,1-2H3,(H,26,30). The molecule has 1 fully saturated rings. The van der Waals surface area contributed by atoms with Gasteiger partial charge >= 0.3 is 5.69 Å². The maximum absolute atomic E-state index is 13.3. The molecular weight excluding hydrogens is 444 g/mol. The third-order valence-corrected chi connectivity index (χ3v) is 7.88. The molecule has 0 radical (unpaired) electrons. The summed E-state index contributed by atoms with van der Waals surface area (Å²) in [7, 11) is 0. The lowest BCUT2D eigenvalue weighted by molar-refractivity contribution is 0.103. The van der Waals surface area contributed by atoms with E-state index in [0.717, 1.165) is 52.7 Å². The highest BCUT2D eigenvalue weighted by atomic mass is 35.5. The average Bonchev–Trinajstić information content (AvgIpc) is 3.50. The number of aryl methyl sites for hydroxylation is 2. The van der Waals surface area contributed by atoms with Crippen LogP contribution in [0.15, 0.2) is 41.2 Å². The number of fused-ring (bicyclic) bond motifs is 2. The minimum Gasteiger partial charge on any atom is -0.370 e. The van der Waals surface area contributed by atoms with Crippen molar-refractivity contribution in [3.63, 3.8) is 0 Å². The molecule has 1 amide bonds. The monoisotopic (exact) mass is 468 g/mol. The molecule has 1 aliphatic heterocycles. The topological polar surface area (TPSA) is 59.3 Å². The first-order valence-electron chi connectivity index (χ1n) is 11.0. The second-order valence-electron chi connectivity index (χ2n) is 8.02. The number of carbonyl (C=O) groups excluding carboxylic acids is 1. The van der Waals surface area contributed by atoms with Crippen LogP contribution in [0, 0.1) is 0 Å². The molecule has 0 spiro atoms. The molecule has 1 N–H and O–H groups in total. The van der Waals surface area contributed by atoms with Crippen LogP contribution < -0.4 is 15.9 Å². The maximum Gasteiger partial charge on any atom is 0.329 e. The minimum absolute atomic E-state index is 0.0200. The summed E-state index contributed by atoms with van der Waals surface area (Å²) in [6, 6.07) is 11.8. The van der Waals surface area contributed by atoms with Crippen molar-refractivity contribution in [2.75, 3.05) is 23.3 Å². The van der Waals surface area contributed by atoms with Gasteiger partial charge in [-0.2, -0.15) is 0 Å². The fourth-order valence-corrected chi connectivity index (χ4v) is 6.03. The van der Waals surface area contributed by atoms with E-state index in [1.54, 1.807) is 9.13 Å². The molecule has 32 heavy (non-hydrogen) atoms. The zero-order chi connectivity index (χ0) is 22.4. The smallest absolute Gasteiger partial charge is 0.329 e. The number of amides is 1. The van der Waals surface area contributed by atoms with Crippen molar-refractivity contribution < 1.29 is 4.79 Å². The third-order valence-electron chi connectivity index (χ3n) is 6.20. The number of nitrogens with zero attached hydrogens (tertiary/aromatic N) is 3. The Morgan fingerprint density at radius 3 is 2.38 bits per heavy atom. The normalized spacial score (nSPS) is 14.0. The van der Waals surface area contributed by atoms with Crippen LogP contribution in [0.4, 0.5) is 11.4 Å². The highest BCUT2D eigenvalue weighted by molar-refractivity contribution is 7.21. The van der Waals surface area contributed by atoms with Gasteiger partial charge in [0.15, 0.2) is 0 Å². The Labute approximate surface area is 195 Å². The number of carbonyl (C=O) groups is 1. The van der Waals surface area contributed by atoms with Crippen molar-refractivity contribution in [2.45, 2.75) is 39.8 Å². The molecule has 1 aliphatic rings. The van der Waals surface area contributed by atoms with Crippen LogP contribution in [0.1, 0.15) is 36.4 Å². The summed E-state index contributed by atoms with van der Waals surface area (Å²) in [6.45, 7) is 6.98. The van der Waals surface area contributed by atoms with Gasteiger partial charge in [0.1, 0.15) is 4.88 Å². The number of halogens is 1. The molecular formula is C24H25ClN4O2S. The van der Waals surface area contributed by atoms with Gasteiger partial charge in [-0.05, 0) is 44.9 Å². The summed E-state index contributed by atoms with van der Waals surface area (Å²) in [6.07, 6.45) is 2.23. The largest absolute Gasteiger partial charge is 0.370 e. The second-order valence-corrected chi connectivity index (χ2v) is 9.45. The molecule has 166 valence electrons. The highest BCUT2D eigenvalue weighted by Crippen LogP contribution is 2.38. The van der Waals surface area contributed by atoms with Crippen LogP contribution in [0.5, 0.6) is 0 Å². The number of rotatable bonds is 5. The Morgan fingerprint density at radius 1 is 1.06 bits per heavy atom. The molecule has 2 aromatic heterocycles. The van der Waals surface area contributed by atoms with E-state index in [1.165, 1.54) is 11.3 Å². The van der Waals surface area contributed by atoms with E-state index in [2.05, 4.69) is 16.3 Å². The minimum atomic E-state index is -0.226. The van der Waals surface area contributed by atoms with Crippen molar-refractivity contribution in [3.8, 4) is 0 Å². The molecule has 0 saturated carbocycles. The zero-order valence-corrected chi connectivity index (χ0v) is 19.7. The van der Waals surface area contributed by atoms with Gasteiger partial charge in [0.25, 0.3) is 5.91 Å². The Morgan fingerprint density at radius 2 is 1.72 bits per heavy atom. The first-order valence-corrected chi connectivity index (χ1v) is 12.2. The van der Waals surface area contributed by atoms with Crippen molar-refractivity contribution in [3.05, 3.63) is 56.8 Å². The van der Waals surface area contributed by atoms with Gasteiger partial charge in [0.2, 0.25) is 0 Å². The summed E-state index contributed by atoms with van der Waals surface area (Å²) in [5.74, 6) is -0.226. The molecule has 0 unspecified atom stereocenters. The molecule has 2 aromatic carbocycles. The van der Waals surface area contributed by atoms with E-state index in [1.807, 2.05) is 44.2 Å². The Bertz CT molecular complexity index is 1390. The fourth-order valence-electron chi connectivity index (χ4n) is 4.62. The van der Waals surface area contributed by atoms with Crippen LogP contribution in [-0.4, -0.2) is 28.1 Å². The molecule has 5 rings (SSSR count). The maximum atomic E-state index is 13.3. The van der Waals surface area contributed by atoms with Gasteiger partial charge in [-0.15, -0.1) is 11.3 Å². The van der Waals surface area contributed by atoms with Crippen molar-refractivity contribution in [1.29, 1.82) is 0 Å². The van der Waals surface area contributed by atoms with Gasteiger partial charge in [0, 0.05) is 36.3 Å². The molecule has 4 aromatic rings. The summed E-state index contributed by atoms with van der Waals surface area (Å²) in [4.78, 5) is 29.0. The number of hydrogen-bond donors (Lipinski definition) is 1. The van der Waals surface area contributed by atoms with E-state index in [4.69, 9.17) is 11.6 Å². The Kier molecular flexibility index (Phi) is 5.47. The second kappa shape index (κ2) is 8.30. The molecule has 0 atom stereocenters. The quantitative estimate of drug-likeness (QED) is 0.417. The van der Waals surface area contributed by atoms with Crippen molar-refractivity contribution >= 4 is 61.3 Å². The number of aromatic nitrogens is 2. The molecule has 3 heterocycles. The van der Waals surface area contributed by atoms with Crippen LogP contribution in [0.3, 0.4) is 0 Å². The summed E-state index contributed by atoms with van der Waals surface area (Å²) in [5.41, 5.74) is 3.39. The molecule has 0 bridgehead atoms. The van der Waals surface area contributed by atoms with E-state index in [9.17, 15) is 9.59 Å². The first kappa shape index (κ1) is 21.1. The number of hydrogen-bond acceptors (Lipinski definition) is 4. The first-order chi connectivity index (χ1) is 15.5. The van der Waals surface area contributed by atoms with E-state index in [-0.39, 0.29) is 11.6 Å². The number of nitrogens with one attached hydrogen (secondary N) is 1. The van der Waals surface area contributed by atoms with Gasteiger partial charge in [-0.25, -0.2) is 4.79 Å². The molecule has 8 heteroatoms. The van der Waals surface area contributed by atoms with Gasteiger partial charge in [-0.3, -0.25) is 13.9 Å². The average molecular weight is 469 g/mol. The SMILES string of the molecule is CCn1c(=O)n(CC)c2cc(N3CCCC3)c(NC(=O)c3sc4ccccc4c3Cl)cc21. The summed E-state index contributed by atoms with van der Waals surface area (Å²) in [5, 5.41) is 4.49. The van der Waals surface area contributed by atoms with Crippen LogP contribution in [-0.2, 0) is 13.1 Å².